The summed E-state index contributed by atoms with van der Waals surface area (Å²) in [6.45, 7) is 5.76. The molecule has 1 atom stereocenters. The summed E-state index contributed by atoms with van der Waals surface area (Å²) in [6.07, 6.45) is 3.37. The number of likely N-dealkylation sites (tertiary alicyclic amines) is 1. The van der Waals surface area contributed by atoms with Gasteiger partial charge in [-0.05, 0) is 36.1 Å². The van der Waals surface area contributed by atoms with Crippen LogP contribution < -0.4 is 10.6 Å². The van der Waals surface area contributed by atoms with Gasteiger partial charge in [0.25, 0.3) is 5.91 Å². The lowest BCUT2D eigenvalue weighted by atomic mass is 10.00. The van der Waals surface area contributed by atoms with Crippen molar-refractivity contribution in [1.82, 2.24) is 20.1 Å². The number of carbonyl (C=O) groups excluding carboxylic acids is 2. The molecular weight excluding hydrogens is 418 g/mol. The van der Waals surface area contributed by atoms with Gasteiger partial charge in [0.05, 0.1) is 12.1 Å². The van der Waals surface area contributed by atoms with Crippen molar-refractivity contribution < 1.29 is 14.7 Å². The molecule has 2 aliphatic rings. The normalized spacial score (nSPS) is 17.1. The molecule has 1 saturated heterocycles. The summed E-state index contributed by atoms with van der Waals surface area (Å²) in [6, 6.07) is 11.9. The molecular formula is C25H33N5O3. The number of carbonyl (C=O) groups is 2. The van der Waals surface area contributed by atoms with Crippen LogP contribution in [-0.2, 0) is 17.8 Å². The Balaban J connectivity index is 1.21. The van der Waals surface area contributed by atoms with E-state index in [1.54, 1.807) is 18.3 Å². The third kappa shape index (κ3) is 6.09. The molecule has 0 spiro atoms. The average Bonchev–Trinajstić information content (AvgIpc) is 2.79. The molecule has 8 heteroatoms. The number of aromatic nitrogens is 1. The Hall–Kier alpha value is -2.97. The van der Waals surface area contributed by atoms with Gasteiger partial charge >= 0.3 is 0 Å². The number of anilines is 1. The van der Waals surface area contributed by atoms with E-state index >= 15 is 0 Å². The van der Waals surface area contributed by atoms with E-state index in [2.05, 4.69) is 38.7 Å². The van der Waals surface area contributed by atoms with Crippen LogP contribution in [0.25, 0.3) is 0 Å². The van der Waals surface area contributed by atoms with Gasteiger partial charge in [-0.1, -0.05) is 31.2 Å². The van der Waals surface area contributed by atoms with Crippen LogP contribution in [0.3, 0.4) is 0 Å². The summed E-state index contributed by atoms with van der Waals surface area (Å²) in [5.41, 5.74) is 3.17. The second kappa shape index (κ2) is 10.8. The molecule has 3 N–H and O–H groups in total. The quantitative estimate of drug-likeness (QED) is 0.536. The molecule has 1 aromatic carbocycles. The molecule has 2 aromatic rings. The van der Waals surface area contributed by atoms with E-state index in [1.807, 2.05) is 17.9 Å². The van der Waals surface area contributed by atoms with Crippen molar-refractivity contribution in [1.29, 1.82) is 0 Å². The summed E-state index contributed by atoms with van der Waals surface area (Å²) in [5, 5.41) is 16.6. The van der Waals surface area contributed by atoms with Crippen LogP contribution in [0.4, 0.5) is 5.82 Å². The van der Waals surface area contributed by atoms with E-state index in [0.717, 1.165) is 25.9 Å². The monoisotopic (exact) mass is 451 g/mol. The zero-order valence-electron chi connectivity index (χ0n) is 19.2. The van der Waals surface area contributed by atoms with Crippen molar-refractivity contribution in [2.45, 2.75) is 44.9 Å². The molecule has 3 heterocycles. The van der Waals surface area contributed by atoms with Crippen molar-refractivity contribution in [3.63, 3.8) is 0 Å². The van der Waals surface area contributed by atoms with Gasteiger partial charge in [-0.25, -0.2) is 4.98 Å². The van der Waals surface area contributed by atoms with Gasteiger partial charge in [0.2, 0.25) is 5.91 Å². The first kappa shape index (κ1) is 23.2. The number of nitrogens with zero attached hydrogens (tertiary/aromatic N) is 3. The lowest BCUT2D eigenvalue weighted by Crippen LogP contribution is -2.57. The van der Waals surface area contributed by atoms with Crippen LogP contribution in [0.5, 0.6) is 0 Å². The van der Waals surface area contributed by atoms with Crippen LogP contribution in [0.2, 0.25) is 0 Å². The second-order valence-corrected chi connectivity index (χ2v) is 8.94. The third-order valence-corrected chi connectivity index (χ3v) is 6.25. The number of hydrogen-bond donors (Lipinski definition) is 3. The number of aliphatic hydroxyl groups is 1. The highest BCUT2D eigenvalue weighted by Crippen LogP contribution is 2.19. The first-order valence-electron chi connectivity index (χ1n) is 11.8. The zero-order chi connectivity index (χ0) is 23.2. The first-order chi connectivity index (χ1) is 16.0. The first-order valence-corrected chi connectivity index (χ1v) is 11.8. The van der Waals surface area contributed by atoms with Crippen molar-refractivity contribution in [2.75, 3.05) is 38.0 Å². The molecule has 0 radical (unpaired) electrons. The fourth-order valence-electron chi connectivity index (χ4n) is 4.39. The predicted molar refractivity (Wildman–Crippen MR) is 127 cm³/mol. The maximum absolute atomic E-state index is 12.6. The fourth-order valence-corrected chi connectivity index (χ4v) is 4.39. The van der Waals surface area contributed by atoms with Crippen molar-refractivity contribution in [3.8, 4) is 0 Å². The molecule has 0 aliphatic carbocycles. The summed E-state index contributed by atoms with van der Waals surface area (Å²) in [5.74, 6) is 0.559. The number of pyridine rings is 1. The molecule has 1 fully saturated rings. The SMILES string of the molecule is CCCC(=O)N1CC(Nc2cc(C(=O)NCC(O)CN3CCc4ccccc4C3)ccn2)C1. The van der Waals surface area contributed by atoms with Crippen LogP contribution >= 0.6 is 0 Å². The maximum atomic E-state index is 12.6. The van der Waals surface area contributed by atoms with Crippen LogP contribution in [-0.4, -0.2) is 76.6 Å². The highest BCUT2D eigenvalue weighted by Gasteiger charge is 2.30. The second-order valence-electron chi connectivity index (χ2n) is 8.94. The van der Waals surface area contributed by atoms with E-state index in [9.17, 15) is 14.7 Å². The molecule has 0 bridgehead atoms. The highest BCUT2D eigenvalue weighted by molar-refractivity contribution is 5.94. The topological polar surface area (TPSA) is 97.8 Å². The Morgan fingerprint density at radius 2 is 2.00 bits per heavy atom. The fraction of sp³-hybridized carbons (Fsp3) is 0.480. The number of rotatable bonds is 9. The predicted octanol–water partition coefficient (Wildman–Crippen LogP) is 1.65. The number of hydrogen-bond acceptors (Lipinski definition) is 6. The number of benzene rings is 1. The Morgan fingerprint density at radius 1 is 1.21 bits per heavy atom. The smallest absolute Gasteiger partial charge is 0.251 e. The van der Waals surface area contributed by atoms with E-state index in [4.69, 9.17) is 0 Å². The van der Waals surface area contributed by atoms with E-state index in [0.29, 0.717) is 37.4 Å². The lowest BCUT2D eigenvalue weighted by Gasteiger charge is -2.39. The van der Waals surface area contributed by atoms with Crippen molar-refractivity contribution in [2.24, 2.45) is 0 Å². The van der Waals surface area contributed by atoms with Gasteiger partial charge in [0.1, 0.15) is 5.82 Å². The van der Waals surface area contributed by atoms with Gasteiger partial charge < -0.3 is 20.6 Å². The molecule has 8 nitrogen and oxygen atoms in total. The van der Waals surface area contributed by atoms with Gasteiger partial charge in [-0.15, -0.1) is 0 Å². The minimum absolute atomic E-state index is 0.146. The summed E-state index contributed by atoms with van der Waals surface area (Å²) in [4.78, 5) is 32.8. The van der Waals surface area contributed by atoms with Gasteiger partial charge in [-0.3, -0.25) is 14.5 Å². The largest absolute Gasteiger partial charge is 0.390 e. The summed E-state index contributed by atoms with van der Waals surface area (Å²) in [7, 11) is 0. The number of nitrogens with one attached hydrogen (secondary N) is 2. The molecule has 2 aliphatic heterocycles. The molecule has 4 rings (SSSR count). The van der Waals surface area contributed by atoms with Crippen LogP contribution in [0.1, 0.15) is 41.3 Å². The number of fused-ring (bicyclic) bond motifs is 1. The number of amides is 2. The minimum atomic E-state index is -0.639. The number of β-amino-alcohol motifs (C(OH)–C–C–N with tert-alkyl or cyclic N) is 1. The highest BCUT2D eigenvalue weighted by atomic mass is 16.3. The molecule has 2 amide bonds. The molecule has 1 aromatic heterocycles. The summed E-state index contributed by atoms with van der Waals surface area (Å²) < 4.78 is 0. The Kier molecular flexibility index (Phi) is 7.57. The molecule has 1 unspecified atom stereocenters. The standard InChI is InChI=1S/C25H33N5O3/c1-2-5-24(32)30-15-21(16-30)28-23-12-19(8-10-26-23)25(33)27-13-22(31)17-29-11-9-18-6-3-4-7-20(18)14-29/h3-4,6-8,10,12,21-22,31H,2,5,9,11,13-17H2,1H3,(H,26,28)(H,27,33). The molecule has 0 saturated carbocycles. The third-order valence-electron chi connectivity index (χ3n) is 6.25. The van der Waals surface area contributed by atoms with Crippen molar-refractivity contribution in [3.05, 3.63) is 59.3 Å². The maximum Gasteiger partial charge on any atom is 0.251 e. The Labute approximate surface area is 195 Å². The van der Waals surface area contributed by atoms with Crippen LogP contribution in [0, 0.1) is 0 Å². The molecule has 33 heavy (non-hydrogen) atoms. The van der Waals surface area contributed by atoms with E-state index < -0.39 is 6.10 Å². The van der Waals surface area contributed by atoms with Crippen LogP contribution in [0.15, 0.2) is 42.6 Å². The van der Waals surface area contributed by atoms with Gasteiger partial charge in [-0.2, -0.15) is 0 Å². The Bertz CT molecular complexity index is 976. The van der Waals surface area contributed by atoms with Gasteiger partial charge in [0, 0.05) is 57.4 Å². The van der Waals surface area contributed by atoms with E-state index in [1.165, 1.54) is 11.1 Å². The van der Waals surface area contributed by atoms with E-state index in [-0.39, 0.29) is 24.4 Å². The van der Waals surface area contributed by atoms with Crippen molar-refractivity contribution >= 4 is 17.6 Å². The summed E-state index contributed by atoms with van der Waals surface area (Å²) >= 11 is 0. The minimum Gasteiger partial charge on any atom is -0.390 e. The zero-order valence-corrected chi connectivity index (χ0v) is 19.2. The Morgan fingerprint density at radius 3 is 2.79 bits per heavy atom. The van der Waals surface area contributed by atoms with Gasteiger partial charge in [0.15, 0.2) is 0 Å². The molecule has 176 valence electrons. The average molecular weight is 452 g/mol. The number of aliphatic hydroxyl groups excluding tert-OH is 1. The lowest BCUT2D eigenvalue weighted by molar-refractivity contribution is -0.135.